The van der Waals surface area contributed by atoms with Crippen LogP contribution in [0.5, 0.6) is 0 Å². The molecule has 18 heavy (non-hydrogen) atoms. The van der Waals surface area contributed by atoms with Crippen molar-refractivity contribution in [1.29, 1.82) is 0 Å². The van der Waals surface area contributed by atoms with E-state index >= 15 is 0 Å². The summed E-state index contributed by atoms with van der Waals surface area (Å²) >= 11 is 7.56. The van der Waals surface area contributed by atoms with E-state index in [-0.39, 0.29) is 0 Å². The molecule has 94 valence electrons. The summed E-state index contributed by atoms with van der Waals surface area (Å²) in [5.41, 5.74) is 1.08. The number of hydrogen-bond acceptors (Lipinski definition) is 4. The maximum Gasteiger partial charge on any atom is 0.192 e. The Kier molecular flexibility index (Phi) is 4.99. The fraction of sp³-hybridized carbons (Fsp3) is 0.231. The first kappa shape index (κ1) is 13.3. The van der Waals surface area contributed by atoms with Crippen molar-refractivity contribution >= 4 is 23.4 Å². The van der Waals surface area contributed by atoms with Crippen molar-refractivity contribution in [2.24, 2.45) is 0 Å². The monoisotopic (exact) mass is 279 g/mol. The van der Waals surface area contributed by atoms with Gasteiger partial charge in [-0.3, -0.25) is 0 Å². The van der Waals surface area contributed by atoms with Crippen LogP contribution in [-0.2, 0) is 6.54 Å². The Bertz CT molecular complexity index is 502. The molecular formula is C13H14ClN3S. The molecule has 0 aliphatic carbocycles. The summed E-state index contributed by atoms with van der Waals surface area (Å²) in [7, 11) is 0. The van der Waals surface area contributed by atoms with E-state index in [2.05, 4.69) is 22.2 Å². The number of nitrogens with one attached hydrogen (secondary N) is 1. The number of benzene rings is 1. The van der Waals surface area contributed by atoms with Crippen LogP contribution >= 0.6 is 23.4 Å². The number of nitrogens with zero attached hydrogens (tertiary/aromatic N) is 2. The van der Waals surface area contributed by atoms with Crippen molar-refractivity contribution in [2.75, 3.05) is 6.54 Å². The minimum Gasteiger partial charge on any atom is -0.313 e. The summed E-state index contributed by atoms with van der Waals surface area (Å²) in [5.74, 6) is 0. The number of rotatable bonds is 5. The number of hydrogen-bond donors (Lipinski definition) is 1. The van der Waals surface area contributed by atoms with Crippen LogP contribution < -0.4 is 5.32 Å². The van der Waals surface area contributed by atoms with Gasteiger partial charge in [0, 0.05) is 29.4 Å². The highest BCUT2D eigenvalue weighted by Crippen LogP contribution is 2.30. The third-order valence-corrected chi connectivity index (χ3v) is 3.71. The molecule has 1 aromatic heterocycles. The lowest BCUT2D eigenvalue weighted by Gasteiger charge is -2.04. The molecule has 5 heteroatoms. The first-order chi connectivity index (χ1) is 8.79. The Morgan fingerprint density at radius 3 is 2.61 bits per heavy atom. The first-order valence-corrected chi connectivity index (χ1v) is 6.93. The highest BCUT2D eigenvalue weighted by Gasteiger charge is 2.04. The average Bonchev–Trinajstić information content (AvgIpc) is 2.41. The summed E-state index contributed by atoms with van der Waals surface area (Å²) in [6.07, 6.45) is 3.68. The van der Waals surface area contributed by atoms with E-state index in [4.69, 9.17) is 11.6 Å². The Morgan fingerprint density at radius 1 is 1.22 bits per heavy atom. The van der Waals surface area contributed by atoms with Gasteiger partial charge in [0.25, 0.3) is 0 Å². The molecule has 2 rings (SSSR count). The van der Waals surface area contributed by atoms with Crippen LogP contribution in [0.25, 0.3) is 0 Å². The second-order valence-electron chi connectivity index (χ2n) is 3.69. The van der Waals surface area contributed by atoms with E-state index in [1.807, 2.05) is 36.7 Å². The van der Waals surface area contributed by atoms with E-state index in [0.717, 1.165) is 28.6 Å². The van der Waals surface area contributed by atoms with Gasteiger partial charge in [-0.15, -0.1) is 0 Å². The van der Waals surface area contributed by atoms with E-state index < -0.39 is 0 Å². The summed E-state index contributed by atoms with van der Waals surface area (Å²) in [4.78, 5) is 9.61. The smallest absolute Gasteiger partial charge is 0.192 e. The minimum absolute atomic E-state index is 0.711. The molecule has 1 N–H and O–H groups in total. The van der Waals surface area contributed by atoms with Gasteiger partial charge in [0.1, 0.15) is 0 Å². The molecule has 0 amide bonds. The van der Waals surface area contributed by atoms with Crippen molar-refractivity contribution in [3.8, 4) is 0 Å². The van der Waals surface area contributed by atoms with Crippen LogP contribution in [0.2, 0.25) is 5.02 Å². The van der Waals surface area contributed by atoms with Gasteiger partial charge in [0.15, 0.2) is 5.16 Å². The molecule has 0 fully saturated rings. The Labute approximate surface area is 116 Å². The SMILES string of the molecule is CCNCc1cnc(Sc2ccccc2Cl)nc1. The predicted octanol–water partition coefficient (Wildman–Crippen LogP) is 3.39. The van der Waals surface area contributed by atoms with Crippen LogP contribution in [0.3, 0.4) is 0 Å². The largest absolute Gasteiger partial charge is 0.313 e. The van der Waals surface area contributed by atoms with Crippen molar-refractivity contribution in [1.82, 2.24) is 15.3 Å². The molecule has 0 atom stereocenters. The molecule has 0 unspecified atom stereocenters. The average molecular weight is 280 g/mol. The molecule has 0 radical (unpaired) electrons. The Hall–Kier alpha value is -1.10. The maximum atomic E-state index is 6.09. The van der Waals surface area contributed by atoms with E-state index in [0.29, 0.717) is 5.16 Å². The highest BCUT2D eigenvalue weighted by atomic mass is 35.5. The van der Waals surface area contributed by atoms with Crippen molar-refractivity contribution in [3.05, 3.63) is 47.2 Å². The molecule has 3 nitrogen and oxygen atoms in total. The van der Waals surface area contributed by atoms with Crippen LogP contribution in [0.1, 0.15) is 12.5 Å². The minimum atomic E-state index is 0.711. The topological polar surface area (TPSA) is 37.8 Å². The second-order valence-corrected chi connectivity index (χ2v) is 5.10. The third kappa shape index (κ3) is 3.70. The highest BCUT2D eigenvalue weighted by molar-refractivity contribution is 7.99. The molecule has 0 saturated heterocycles. The molecule has 1 heterocycles. The third-order valence-electron chi connectivity index (χ3n) is 2.30. The van der Waals surface area contributed by atoms with Gasteiger partial charge < -0.3 is 5.32 Å². The fourth-order valence-electron chi connectivity index (χ4n) is 1.38. The van der Waals surface area contributed by atoms with Crippen molar-refractivity contribution in [3.63, 3.8) is 0 Å². The molecule has 0 bridgehead atoms. The van der Waals surface area contributed by atoms with Crippen LogP contribution in [0.15, 0.2) is 46.7 Å². The van der Waals surface area contributed by atoms with Gasteiger partial charge in [-0.25, -0.2) is 9.97 Å². The van der Waals surface area contributed by atoms with E-state index in [9.17, 15) is 0 Å². The van der Waals surface area contributed by atoms with Gasteiger partial charge in [-0.1, -0.05) is 30.7 Å². The summed E-state index contributed by atoms with van der Waals surface area (Å²) < 4.78 is 0. The van der Waals surface area contributed by atoms with Crippen LogP contribution in [0, 0.1) is 0 Å². The van der Waals surface area contributed by atoms with Gasteiger partial charge >= 0.3 is 0 Å². The normalized spacial score (nSPS) is 10.6. The molecule has 1 aromatic carbocycles. The number of halogens is 1. The quantitative estimate of drug-likeness (QED) is 0.852. The molecule has 0 spiro atoms. The molecule has 2 aromatic rings. The summed E-state index contributed by atoms with van der Waals surface area (Å²) in [6, 6.07) is 7.69. The standard InChI is InChI=1S/C13H14ClN3S/c1-2-15-7-10-8-16-13(17-9-10)18-12-6-4-3-5-11(12)14/h3-6,8-9,15H,2,7H2,1H3. The van der Waals surface area contributed by atoms with Crippen LogP contribution in [-0.4, -0.2) is 16.5 Å². The lowest BCUT2D eigenvalue weighted by atomic mass is 10.3. The molecule has 0 aliphatic rings. The maximum absolute atomic E-state index is 6.09. The second kappa shape index (κ2) is 6.73. The fourth-order valence-corrected chi connectivity index (χ4v) is 2.35. The van der Waals surface area contributed by atoms with Gasteiger partial charge in [-0.05, 0) is 30.4 Å². The zero-order chi connectivity index (χ0) is 12.8. The van der Waals surface area contributed by atoms with Crippen molar-refractivity contribution in [2.45, 2.75) is 23.5 Å². The molecule has 0 saturated carbocycles. The zero-order valence-corrected chi connectivity index (χ0v) is 11.6. The Balaban J connectivity index is 2.04. The van der Waals surface area contributed by atoms with Gasteiger partial charge in [-0.2, -0.15) is 0 Å². The molecular weight excluding hydrogens is 266 g/mol. The summed E-state index contributed by atoms with van der Waals surface area (Å²) in [6.45, 7) is 3.81. The number of aromatic nitrogens is 2. The van der Waals surface area contributed by atoms with Crippen molar-refractivity contribution < 1.29 is 0 Å². The first-order valence-electron chi connectivity index (χ1n) is 5.73. The zero-order valence-electron chi connectivity index (χ0n) is 10.1. The van der Waals surface area contributed by atoms with Gasteiger partial charge in [0.2, 0.25) is 0 Å². The van der Waals surface area contributed by atoms with E-state index in [1.165, 1.54) is 11.8 Å². The Morgan fingerprint density at radius 2 is 1.94 bits per heavy atom. The van der Waals surface area contributed by atoms with Gasteiger partial charge in [0.05, 0.1) is 5.02 Å². The van der Waals surface area contributed by atoms with Crippen LogP contribution in [0.4, 0.5) is 0 Å². The molecule has 0 aliphatic heterocycles. The predicted molar refractivity (Wildman–Crippen MR) is 75.0 cm³/mol. The van der Waals surface area contributed by atoms with E-state index in [1.54, 1.807) is 0 Å². The lowest BCUT2D eigenvalue weighted by Crippen LogP contribution is -2.12. The lowest BCUT2D eigenvalue weighted by molar-refractivity contribution is 0.716. The summed E-state index contributed by atoms with van der Waals surface area (Å²) in [5, 5.41) is 4.67.